The first-order valence-corrected chi connectivity index (χ1v) is 6.34. The molecule has 0 aromatic heterocycles. The molecule has 0 N–H and O–H groups in total. The van der Waals surface area contributed by atoms with Crippen LogP contribution in [0.1, 0.15) is 0 Å². The second-order valence-corrected chi connectivity index (χ2v) is 3.94. The fraction of sp³-hybridized carbons (Fsp3) is 0. The Morgan fingerprint density at radius 3 is 0.625 bits per heavy atom. The summed E-state index contributed by atoms with van der Waals surface area (Å²) in [5.41, 5.74) is 0. The van der Waals surface area contributed by atoms with Gasteiger partial charge in [-0.2, -0.15) is 0 Å². The van der Waals surface area contributed by atoms with Gasteiger partial charge in [-0.05, 0) is 0 Å². The third kappa shape index (κ3) is 17.9. The van der Waals surface area contributed by atoms with E-state index in [1.165, 1.54) is 36.4 Å². The Morgan fingerprint density at radius 2 is 0.542 bits per heavy atom. The van der Waals surface area contributed by atoms with Crippen LogP contribution in [0.2, 0.25) is 0 Å². The predicted octanol–water partition coefficient (Wildman–Crippen LogP) is -6.71. The Balaban J connectivity index is -0.000000259. The Labute approximate surface area is 246 Å². The molecule has 3 aromatic carbocycles. The van der Waals surface area contributed by atoms with Gasteiger partial charge in [-0.3, -0.25) is 0 Å². The fourth-order valence-corrected chi connectivity index (χ4v) is 1.26. The van der Waals surface area contributed by atoms with Crippen LogP contribution in [0.15, 0.2) is 91.0 Å². The van der Waals surface area contributed by atoms with Crippen LogP contribution in [0.25, 0.3) is 0 Å². The molecule has 3 nitrogen and oxygen atoms in total. The number of benzene rings is 3. The van der Waals surface area contributed by atoms with Gasteiger partial charge < -0.3 is 15.3 Å². The molecule has 3 aromatic rings. The first-order valence-electron chi connectivity index (χ1n) is 6.34. The number of para-hydroxylation sites is 3. The molecule has 0 unspecified atom stereocenters. The van der Waals surface area contributed by atoms with E-state index in [4.69, 9.17) is 0 Å². The van der Waals surface area contributed by atoms with E-state index in [9.17, 15) is 15.3 Å². The van der Waals surface area contributed by atoms with Crippen LogP contribution in [0.3, 0.4) is 0 Å². The van der Waals surface area contributed by atoms with Crippen LogP contribution < -0.4 is 143 Å². The summed E-state index contributed by atoms with van der Waals surface area (Å²) in [5, 5.41) is 30.8. The zero-order valence-corrected chi connectivity index (χ0v) is 24.7. The van der Waals surface area contributed by atoms with Crippen molar-refractivity contribution in [3.05, 3.63) is 91.0 Å². The SMILES string of the molecule is [Cs+].[Na+].[Na+].[O-]c1ccccc1.[O-]c1ccccc1.[O-]c1ccccc1. The van der Waals surface area contributed by atoms with E-state index in [2.05, 4.69) is 0 Å². The van der Waals surface area contributed by atoms with Crippen LogP contribution >= 0.6 is 0 Å². The summed E-state index contributed by atoms with van der Waals surface area (Å²) >= 11 is 0. The van der Waals surface area contributed by atoms with Crippen LogP contribution in [0.5, 0.6) is 17.2 Å². The Hall–Kier alpha value is 1.11. The van der Waals surface area contributed by atoms with E-state index in [-0.39, 0.29) is 145 Å². The van der Waals surface area contributed by atoms with Gasteiger partial charge >= 0.3 is 128 Å². The second kappa shape index (κ2) is 20.4. The monoisotopic (exact) mass is 458 g/mol. The molecule has 0 aliphatic heterocycles. The summed E-state index contributed by atoms with van der Waals surface area (Å²) in [6.07, 6.45) is 0. The van der Waals surface area contributed by atoms with Gasteiger partial charge in [-0.25, -0.2) is 0 Å². The molecular weight excluding hydrogens is 443 g/mol. The molecule has 0 fully saturated rings. The van der Waals surface area contributed by atoms with Crippen molar-refractivity contribution >= 4 is 0 Å². The summed E-state index contributed by atoms with van der Waals surface area (Å²) in [4.78, 5) is 0. The maximum Gasteiger partial charge on any atom is 1.00 e. The Kier molecular flexibility index (Phi) is 25.4. The van der Waals surface area contributed by atoms with Crippen molar-refractivity contribution in [3.8, 4) is 17.2 Å². The summed E-state index contributed by atoms with van der Waals surface area (Å²) in [6, 6.07) is 25.0. The van der Waals surface area contributed by atoms with E-state index >= 15 is 0 Å². The molecule has 0 atom stereocenters. The molecule has 6 heteroatoms. The molecule has 0 spiro atoms. The van der Waals surface area contributed by atoms with Gasteiger partial charge in [0, 0.05) is 0 Å². The molecular formula is C18H15CsNa2O3. The van der Waals surface area contributed by atoms with Gasteiger partial charge in [0.25, 0.3) is 0 Å². The number of hydrogen-bond donors (Lipinski definition) is 0. The van der Waals surface area contributed by atoms with E-state index < -0.39 is 0 Å². The predicted molar refractivity (Wildman–Crippen MR) is 77.7 cm³/mol. The second-order valence-electron chi connectivity index (χ2n) is 3.94. The van der Waals surface area contributed by atoms with Crippen molar-refractivity contribution in [2.45, 2.75) is 0 Å². The third-order valence-corrected chi connectivity index (χ3v) is 2.23. The van der Waals surface area contributed by atoms with Gasteiger partial charge in [0.15, 0.2) is 0 Å². The maximum absolute atomic E-state index is 10.3. The molecule has 3 rings (SSSR count). The molecule has 0 amide bonds. The van der Waals surface area contributed by atoms with E-state index in [1.807, 2.05) is 18.2 Å². The topological polar surface area (TPSA) is 69.2 Å². The standard InChI is InChI=1S/3C6H6O.Cs.2Na/c3*7-6-4-2-1-3-5-6;;;/h3*1-5,7H;;;/q;;;3*+1/p-3. The molecule has 24 heavy (non-hydrogen) atoms. The van der Waals surface area contributed by atoms with Crippen LogP contribution in [-0.2, 0) is 0 Å². The Morgan fingerprint density at radius 1 is 0.375 bits per heavy atom. The van der Waals surface area contributed by atoms with Crippen LogP contribution in [-0.4, -0.2) is 0 Å². The summed E-state index contributed by atoms with van der Waals surface area (Å²) in [6.45, 7) is 0. The van der Waals surface area contributed by atoms with Gasteiger partial charge in [0.2, 0.25) is 0 Å². The van der Waals surface area contributed by atoms with E-state index in [1.54, 1.807) is 36.4 Å². The quantitative estimate of drug-likeness (QED) is 0.315. The van der Waals surface area contributed by atoms with Gasteiger partial charge in [-0.15, -0.1) is 17.2 Å². The normalized spacial score (nSPS) is 7.50. The van der Waals surface area contributed by atoms with Crippen molar-refractivity contribution < 1.29 is 143 Å². The number of hydrogen-bond acceptors (Lipinski definition) is 3. The largest absolute Gasteiger partial charge is 1.00 e. The molecule has 0 aliphatic rings. The smallest absolute Gasteiger partial charge is 0.872 e. The Bertz CT molecular complexity index is 507. The molecule has 0 radical (unpaired) electrons. The van der Waals surface area contributed by atoms with Crippen molar-refractivity contribution in [1.29, 1.82) is 0 Å². The van der Waals surface area contributed by atoms with Crippen molar-refractivity contribution in [3.63, 3.8) is 0 Å². The molecule has 0 bridgehead atoms. The number of rotatable bonds is 0. The average Bonchev–Trinajstić information content (AvgIpc) is 2.51. The average molecular weight is 458 g/mol. The zero-order chi connectivity index (χ0) is 15.3. The van der Waals surface area contributed by atoms with E-state index in [0.717, 1.165) is 0 Å². The molecule has 108 valence electrons. The molecule has 0 aliphatic carbocycles. The van der Waals surface area contributed by atoms with Crippen molar-refractivity contribution in [2.24, 2.45) is 0 Å². The first kappa shape index (κ1) is 29.9. The first-order chi connectivity index (χ1) is 10.2. The fourth-order valence-electron chi connectivity index (χ4n) is 1.26. The minimum atomic E-state index is 0. The molecule has 0 saturated carbocycles. The van der Waals surface area contributed by atoms with E-state index in [0.29, 0.717) is 0 Å². The zero-order valence-electron chi connectivity index (χ0n) is 14.4. The van der Waals surface area contributed by atoms with Gasteiger partial charge in [0.1, 0.15) is 0 Å². The minimum absolute atomic E-state index is 0. The molecule has 0 heterocycles. The van der Waals surface area contributed by atoms with Gasteiger partial charge in [-0.1, -0.05) is 91.0 Å². The van der Waals surface area contributed by atoms with Crippen LogP contribution in [0.4, 0.5) is 0 Å². The molecule has 0 saturated heterocycles. The summed E-state index contributed by atoms with van der Waals surface area (Å²) < 4.78 is 0. The summed E-state index contributed by atoms with van der Waals surface area (Å²) in [7, 11) is 0. The van der Waals surface area contributed by atoms with Gasteiger partial charge in [0.05, 0.1) is 0 Å². The van der Waals surface area contributed by atoms with Crippen molar-refractivity contribution in [2.75, 3.05) is 0 Å². The third-order valence-electron chi connectivity index (χ3n) is 2.23. The van der Waals surface area contributed by atoms with Crippen LogP contribution in [0, 0.1) is 0 Å². The minimum Gasteiger partial charge on any atom is -0.872 e. The van der Waals surface area contributed by atoms with Crippen molar-refractivity contribution in [1.82, 2.24) is 0 Å². The maximum atomic E-state index is 10.3. The summed E-state index contributed by atoms with van der Waals surface area (Å²) in [5.74, 6) is 0.215.